The number of amides is 1. The largest absolute Gasteiger partial charge is 0.324 e. The maximum Gasteiger partial charge on any atom is 0.237 e. The average molecular weight is 332 g/mol. The molecule has 15 heavy (non-hydrogen) atoms. The lowest BCUT2D eigenvalue weighted by Gasteiger charge is -2.08. The van der Waals surface area contributed by atoms with Gasteiger partial charge in [0, 0.05) is 4.47 Å². The molecule has 1 amide bonds. The Labute approximate surface area is 105 Å². The third-order valence-electron chi connectivity index (χ3n) is 1.72. The van der Waals surface area contributed by atoms with E-state index in [9.17, 15) is 4.79 Å². The van der Waals surface area contributed by atoms with Gasteiger partial charge < -0.3 is 5.32 Å². The quantitative estimate of drug-likeness (QED) is 0.847. The van der Waals surface area contributed by atoms with E-state index in [0.717, 1.165) is 0 Å². The normalized spacial score (nSPS) is 11.6. The van der Waals surface area contributed by atoms with E-state index in [4.69, 9.17) is 5.26 Å². The molecule has 0 heterocycles. The minimum Gasteiger partial charge on any atom is -0.324 e. The molecule has 1 rings (SSSR count). The van der Waals surface area contributed by atoms with E-state index >= 15 is 0 Å². The molecule has 1 N–H and O–H groups in total. The van der Waals surface area contributed by atoms with Crippen LogP contribution in [-0.2, 0) is 4.79 Å². The molecule has 5 heteroatoms. The maximum atomic E-state index is 11.4. The third-order valence-corrected chi connectivity index (χ3v) is 2.79. The maximum absolute atomic E-state index is 11.4. The van der Waals surface area contributed by atoms with Crippen molar-refractivity contribution in [3.63, 3.8) is 0 Å². The molecule has 0 aliphatic carbocycles. The van der Waals surface area contributed by atoms with Gasteiger partial charge in [0.25, 0.3) is 0 Å². The van der Waals surface area contributed by atoms with Gasteiger partial charge in [0.15, 0.2) is 0 Å². The molecule has 0 aliphatic heterocycles. The fourth-order valence-electron chi connectivity index (χ4n) is 0.918. The molecule has 0 radical (unpaired) electrons. The van der Waals surface area contributed by atoms with Crippen molar-refractivity contribution in [2.45, 2.75) is 11.8 Å². The highest BCUT2D eigenvalue weighted by Crippen LogP contribution is 2.23. The molecule has 1 unspecified atom stereocenters. The zero-order valence-electron chi connectivity index (χ0n) is 7.92. The van der Waals surface area contributed by atoms with Crippen LogP contribution in [0, 0.1) is 11.3 Å². The predicted molar refractivity (Wildman–Crippen MR) is 65.9 cm³/mol. The first-order valence-electron chi connectivity index (χ1n) is 4.19. The van der Waals surface area contributed by atoms with Gasteiger partial charge in [-0.2, -0.15) is 5.26 Å². The number of carbonyl (C=O) groups excluding carboxylic acids is 1. The first kappa shape index (κ1) is 12.2. The number of rotatable bonds is 2. The van der Waals surface area contributed by atoms with Gasteiger partial charge in [-0.15, -0.1) is 0 Å². The van der Waals surface area contributed by atoms with E-state index in [-0.39, 0.29) is 10.7 Å². The topological polar surface area (TPSA) is 52.9 Å². The Kier molecular flexibility index (Phi) is 4.30. The molecule has 78 valence electrons. The molecule has 1 aromatic carbocycles. The molecule has 0 fully saturated rings. The van der Waals surface area contributed by atoms with Crippen LogP contribution >= 0.6 is 31.9 Å². The second-order valence-corrected chi connectivity index (χ2v) is 5.14. The number of hydrogen-bond acceptors (Lipinski definition) is 2. The minimum atomic E-state index is -0.250. The van der Waals surface area contributed by atoms with Crippen molar-refractivity contribution >= 4 is 43.5 Å². The number of carbonyl (C=O) groups is 1. The predicted octanol–water partition coefficient (Wildman–Crippen LogP) is 3.04. The number of nitriles is 1. The lowest BCUT2D eigenvalue weighted by atomic mass is 10.2. The number of anilines is 1. The summed E-state index contributed by atoms with van der Waals surface area (Å²) in [4.78, 5) is 11.1. The fourth-order valence-corrected chi connectivity index (χ4v) is 1.51. The Morgan fingerprint density at radius 3 is 2.73 bits per heavy atom. The molecule has 0 saturated heterocycles. The first-order chi connectivity index (χ1) is 7.04. The van der Waals surface area contributed by atoms with Crippen molar-refractivity contribution < 1.29 is 4.79 Å². The van der Waals surface area contributed by atoms with Crippen LogP contribution in [0.5, 0.6) is 0 Å². The van der Waals surface area contributed by atoms with E-state index in [2.05, 4.69) is 37.2 Å². The molecule has 0 saturated carbocycles. The van der Waals surface area contributed by atoms with Crippen molar-refractivity contribution in [3.8, 4) is 6.07 Å². The second kappa shape index (κ2) is 5.29. The van der Waals surface area contributed by atoms with E-state index in [0.29, 0.717) is 15.7 Å². The van der Waals surface area contributed by atoms with Crippen LogP contribution < -0.4 is 5.32 Å². The molecular weight excluding hydrogens is 324 g/mol. The zero-order chi connectivity index (χ0) is 11.4. The van der Waals surface area contributed by atoms with Gasteiger partial charge >= 0.3 is 0 Å². The van der Waals surface area contributed by atoms with Crippen LogP contribution in [0.15, 0.2) is 22.7 Å². The Balaban J connectivity index is 2.89. The molecule has 1 aromatic rings. The molecular formula is C10H8Br2N2O. The Morgan fingerprint density at radius 1 is 1.60 bits per heavy atom. The zero-order valence-corrected chi connectivity index (χ0v) is 11.1. The number of nitrogens with one attached hydrogen (secondary N) is 1. The minimum absolute atomic E-state index is 0.125. The van der Waals surface area contributed by atoms with Crippen LogP contribution in [-0.4, -0.2) is 10.7 Å². The number of benzene rings is 1. The van der Waals surface area contributed by atoms with Gasteiger partial charge in [0.05, 0.1) is 22.1 Å². The number of halogens is 2. The summed E-state index contributed by atoms with van der Waals surface area (Å²) >= 11 is 6.45. The molecule has 3 nitrogen and oxygen atoms in total. The SMILES string of the molecule is CC(Br)C(=O)Nc1ccc(C#N)cc1Br. The molecule has 0 bridgehead atoms. The summed E-state index contributed by atoms with van der Waals surface area (Å²) in [5, 5.41) is 11.4. The number of nitrogens with zero attached hydrogens (tertiary/aromatic N) is 1. The van der Waals surface area contributed by atoms with Crippen LogP contribution in [0.3, 0.4) is 0 Å². The van der Waals surface area contributed by atoms with E-state index in [1.165, 1.54) is 0 Å². The summed E-state index contributed by atoms with van der Waals surface area (Å²) in [7, 11) is 0. The van der Waals surface area contributed by atoms with E-state index in [1.807, 2.05) is 6.07 Å². The number of hydrogen-bond donors (Lipinski definition) is 1. The Hall–Kier alpha value is -0.860. The van der Waals surface area contributed by atoms with E-state index in [1.54, 1.807) is 25.1 Å². The summed E-state index contributed by atoms with van der Waals surface area (Å²) in [6.07, 6.45) is 0. The van der Waals surface area contributed by atoms with Crippen LogP contribution in [0.2, 0.25) is 0 Å². The highest BCUT2D eigenvalue weighted by Gasteiger charge is 2.10. The number of alkyl halides is 1. The van der Waals surface area contributed by atoms with Crippen molar-refractivity contribution in [2.24, 2.45) is 0 Å². The van der Waals surface area contributed by atoms with Gasteiger partial charge in [0.1, 0.15) is 0 Å². The summed E-state index contributed by atoms with van der Waals surface area (Å²) in [5.74, 6) is -0.125. The highest BCUT2D eigenvalue weighted by molar-refractivity contribution is 9.10. The summed E-state index contributed by atoms with van der Waals surface area (Å²) in [5.41, 5.74) is 1.21. The molecule has 1 atom stereocenters. The van der Waals surface area contributed by atoms with Crippen LogP contribution in [0.25, 0.3) is 0 Å². The van der Waals surface area contributed by atoms with Gasteiger partial charge in [-0.3, -0.25) is 4.79 Å². The summed E-state index contributed by atoms with van der Waals surface area (Å²) in [6, 6.07) is 7.02. The first-order valence-corrected chi connectivity index (χ1v) is 5.90. The average Bonchev–Trinajstić information content (AvgIpc) is 2.20. The standard InChI is InChI=1S/C10H8Br2N2O/c1-6(11)10(15)14-9-3-2-7(5-13)4-8(9)12/h2-4,6H,1H3,(H,14,15). The highest BCUT2D eigenvalue weighted by atomic mass is 79.9. The van der Waals surface area contributed by atoms with Crippen molar-refractivity contribution in [2.75, 3.05) is 5.32 Å². The smallest absolute Gasteiger partial charge is 0.237 e. The summed E-state index contributed by atoms with van der Waals surface area (Å²) < 4.78 is 0.697. The van der Waals surface area contributed by atoms with Crippen molar-refractivity contribution in [3.05, 3.63) is 28.2 Å². The van der Waals surface area contributed by atoms with Crippen molar-refractivity contribution in [1.29, 1.82) is 5.26 Å². The monoisotopic (exact) mass is 330 g/mol. The Morgan fingerprint density at radius 2 is 2.27 bits per heavy atom. The van der Waals surface area contributed by atoms with Crippen LogP contribution in [0.1, 0.15) is 12.5 Å². The second-order valence-electron chi connectivity index (χ2n) is 2.91. The summed E-state index contributed by atoms with van der Waals surface area (Å²) in [6.45, 7) is 1.74. The lowest BCUT2D eigenvalue weighted by Crippen LogP contribution is -2.20. The molecule has 0 aromatic heterocycles. The van der Waals surface area contributed by atoms with Gasteiger partial charge in [0.2, 0.25) is 5.91 Å². The Bertz CT molecular complexity index is 424. The van der Waals surface area contributed by atoms with Gasteiger partial charge in [-0.05, 0) is 41.1 Å². The third kappa shape index (κ3) is 3.33. The molecule has 0 aliphatic rings. The molecule has 0 spiro atoms. The fraction of sp³-hybridized carbons (Fsp3) is 0.200. The lowest BCUT2D eigenvalue weighted by molar-refractivity contribution is -0.115. The van der Waals surface area contributed by atoms with Crippen molar-refractivity contribution in [1.82, 2.24) is 0 Å². The van der Waals surface area contributed by atoms with Gasteiger partial charge in [-0.25, -0.2) is 0 Å². The van der Waals surface area contributed by atoms with Gasteiger partial charge in [-0.1, -0.05) is 15.9 Å². The van der Waals surface area contributed by atoms with E-state index < -0.39 is 0 Å². The van der Waals surface area contributed by atoms with Crippen LogP contribution in [0.4, 0.5) is 5.69 Å².